The third-order valence-corrected chi connectivity index (χ3v) is 2.11. The first-order valence-corrected chi connectivity index (χ1v) is 5.79. The van der Waals surface area contributed by atoms with E-state index in [-0.39, 0.29) is 13.2 Å². The molecule has 0 aliphatic rings. The SMILES string of the molecule is CCCN(CC(=O)O)CC(O)COCCOC. The number of aliphatic hydroxyl groups excluding tert-OH is 1. The Morgan fingerprint density at radius 3 is 2.65 bits per heavy atom. The van der Waals surface area contributed by atoms with E-state index < -0.39 is 12.1 Å². The molecule has 2 N–H and O–H groups in total. The molecule has 0 radical (unpaired) electrons. The number of aliphatic hydroxyl groups is 1. The second-order valence-corrected chi connectivity index (χ2v) is 3.85. The molecule has 1 unspecified atom stereocenters. The first kappa shape index (κ1) is 16.3. The Morgan fingerprint density at radius 2 is 2.12 bits per heavy atom. The van der Waals surface area contributed by atoms with Gasteiger partial charge in [-0.1, -0.05) is 6.92 Å². The monoisotopic (exact) mass is 249 g/mol. The first-order valence-electron chi connectivity index (χ1n) is 5.79. The molecule has 0 saturated heterocycles. The van der Waals surface area contributed by atoms with Gasteiger partial charge < -0.3 is 19.7 Å². The molecule has 0 amide bonds. The zero-order chi connectivity index (χ0) is 13.1. The van der Waals surface area contributed by atoms with Gasteiger partial charge in [-0.25, -0.2) is 0 Å². The smallest absolute Gasteiger partial charge is 0.317 e. The lowest BCUT2D eigenvalue weighted by molar-refractivity contribution is -0.138. The molecule has 0 rings (SSSR count). The summed E-state index contributed by atoms with van der Waals surface area (Å²) < 4.78 is 9.97. The van der Waals surface area contributed by atoms with Crippen molar-refractivity contribution in [3.63, 3.8) is 0 Å². The van der Waals surface area contributed by atoms with Crippen LogP contribution in [0.4, 0.5) is 0 Å². The summed E-state index contributed by atoms with van der Waals surface area (Å²) in [6, 6.07) is 0. The van der Waals surface area contributed by atoms with Gasteiger partial charge in [0.05, 0.1) is 32.5 Å². The highest BCUT2D eigenvalue weighted by Gasteiger charge is 2.13. The third-order valence-electron chi connectivity index (χ3n) is 2.11. The van der Waals surface area contributed by atoms with Crippen LogP contribution in [0.25, 0.3) is 0 Å². The summed E-state index contributed by atoms with van der Waals surface area (Å²) in [6.45, 7) is 4.00. The van der Waals surface area contributed by atoms with Crippen LogP contribution in [0, 0.1) is 0 Å². The Kier molecular flexibility index (Phi) is 10.0. The van der Waals surface area contributed by atoms with Crippen LogP contribution in [-0.2, 0) is 14.3 Å². The van der Waals surface area contributed by atoms with E-state index in [1.807, 2.05) is 6.92 Å². The van der Waals surface area contributed by atoms with E-state index in [1.54, 1.807) is 12.0 Å². The molecule has 6 heteroatoms. The number of methoxy groups -OCH3 is 1. The van der Waals surface area contributed by atoms with Gasteiger partial charge in [0, 0.05) is 13.7 Å². The van der Waals surface area contributed by atoms with E-state index in [9.17, 15) is 9.90 Å². The second kappa shape index (κ2) is 10.5. The van der Waals surface area contributed by atoms with Gasteiger partial charge in [0.1, 0.15) is 0 Å². The van der Waals surface area contributed by atoms with E-state index in [2.05, 4.69) is 0 Å². The van der Waals surface area contributed by atoms with E-state index in [4.69, 9.17) is 14.6 Å². The number of ether oxygens (including phenoxy) is 2. The van der Waals surface area contributed by atoms with Gasteiger partial charge in [-0.3, -0.25) is 9.69 Å². The fourth-order valence-electron chi connectivity index (χ4n) is 1.45. The zero-order valence-corrected chi connectivity index (χ0v) is 10.6. The lowest BCUT2D eigenvalue weighted by atomic mass is 10.3. The average Bonchev–Trinajstić information content (AvgIpc) is 2.24. The summed E-state index contributed by atoms with van der Waals surface area (Å²) in [5, 5.41) is 18.4. The molecular weight excluding hydrogens is 226 g/mol. The van der Waals surface area contributed by atoms with Gasteiger partial charge in [-0.15, -0.1) is 0 Å². The van der Waals surface area contributed by atoms with Crippen LogP contribution in [0.3, 0.4) is 0 Å². The van der Waals surface area contributed by atoms with Gasteiger partial charge in [-0.2, -0.15) is 0 Å². The van der Waals surface area contributed by atoms with Crippen LogP contribution in [0.15, 0.2) is 0 Å². The molecule has 0 bridgehead atoms. The first-order chi connectivity index (χ1) is 8.10. The van der Waals surface area contributed by atoms with Crippen molar-refractivity contribution in [3.05, 3.63) is 0 Å². The summed E-state index contributed by atoms with van der Waals surface area (Å²) in [5.41, 5.74) is 0. The molecule has 0 aliphatic carbocycles. The minimum absolute atomic E-state index is 0.0526. The van der Waals surface area contributed by atoms with Crippen LogP contribution < -0.4 is 0 Å². The van der Waals surface area contributed by atoms with Crippen molar-refractivity contribution >= 4 is 5.97 Å². The van der Waals surface area contributed by atoms with E-state index in [1.165, 1.54) is 0 Å². The van der Waals surface area contributed by atoms with E-state index >= 15 is 0 Å². The van der Waals surface area contributed by atoms with Crippen molar-refractivity contribution in [2.24, 2.45) is 0 Å². The van der Waals surface area contributed by atoms with Crippen molar-refractivity contribution in [2.75, 3.05) is 46.6 Å². The second-order valence-electron chi connectivity index (χ2n) is 3.85. The van der Waals surface area contributed by atoms with Crippen LogP contribution in [-0.4, -0.2) is 73.8 Å². The van der Waals surface area contributed by atoms with Crippen LogP contribution in [0.1, 0.15) is 13.3 Å². The molecule has 0 aromatic heterocycles. The summed E-state index contributed by atoms with van der Waals surface area (Å²) in [5.74, 6) is -0.883. The number of carboxylic acids is 1. The molecule has 0 aliphatic heterocycles. The van der Waals surface area contributed by atoms with Crippen molar-refractivity contribution in [1.29, 1.82) is 0 Å². The molecular formula is C11H23NO5. The van der Waals surface area contributed by atoms with Gasteiger partial charge in [-0.05, 0) is 13.0 Å². The van der Waals surface area contributed by atoms with Gasteiger partial charge in [0.25, 0.3) is 0 Å². The fraction of sp³-hybridized carbons (Fsp3) is 0.909. The molecule has 102 valence electrons. The fourth-order valence-corrected chi connectivity index (χ4v) is 1.45. The maximum atomic E-state index is 10.6. The normalized spacial score (nSPS) is 12.9. The highest BCUT2D eigenvalue weighted by molar-refractivity contribution is 5.69. The van der Waals surface area contributed by atoms with Gasteiger partial charge in [0.15, 0.2) is 0 Å². The van der Waals surface area contributed by atoms with Crippen molar-refractivity contribution < 1.29 is 24.5 Å². The maximum absolute atomic E-state index is 10.6. The molecule has 17 heavy (non-hydrogen) atoms. The number of hydrogen-bond donors (Lipinski definition) is 2. The topological polar surface area (TPSA) is 79.2 Å². The summed E-state index contributed by atoms with van der Waals surface area (Å²) in [4.78, 5) is 12.3. The molecule has 0 heterocycles. The van der Waals surface area contributed by atoms with Crippen molar-refractivity contribution in [3.8, 4) is 0 Å². The van der Waals surface area contributed by atoms with E-state index in [0.29, 0.717) is 26.3 Å². The van der Waals surface area contributed by atoms with Crippen LogP contribution >= 0.6 is 0 Å². The predicted molar refractivity (Wildman–Crippen MR) is 63.1 cm³/mol. The molecule has 0 aromatic carbocycles. The number of carboxylic acid groups (broad SMARTS) is 1. The third kappa shape index (κ3) is 10.2. The summed E-state index contributed by atoms with van der Waals surface area (Å²) >= 11 is 0. The quantitative estimate of drug-likeness (QED) is 0.494. The minimum Gasteiger partial charge on any atom is -0.480 e. The zero-order valence-electron chi connectivity index (χ0n) is 10.6. The number of rotatable bonds is 11. The van der Waals surface area contributed by atoms with Crippen LogP contribution in [0.5, 0.6) is 0 Å². The van der Waals surface area contributed by atoms with Crippen molar-refractivity contribution in [1.82, 2.24) is 4.90 Å². The molecule has 6 nitrogen and oxygen atoms in total. The number of carbonyl (C=O) groups is 1. The molecule has 0 saturated carbocycles. The number of nitrogens with zero attached hydrogens (tertiary/aromatic N) is 1. The minimum atomic E-state index is -0.883. The van der Waals surface area contributed by atoms with E-state index in [0.717, 1.165) is 6.42 Å². The Labute approximate surface area is 102 Å². The lowest BCUT2D eigenvalue weighted by Crippen LogP contribution is -2.38. The molecule has 1 atom stereocenters. The number of aliphatic carboxylic acids is 1. The maximum Gasteiger partial charge on any atom is 0.317 e. The Bertz CT molecular complexity index is 200. The summed E-state index contributed by atoms with van der Waals surface area (Å²) in [7, 11) is 1.58. The highest BCUT2D eigenvalue weighted by Crippen LogP contribution is 1.96. The molecule has 0 spiro atoms. The standard InChI is InChI=1S/C11H23NO5/c1-3-4-12(8-11(14)15)7-10(13)9-17-6-5-16-2/h10,13H,3-9H2,1-2H3,(H,14,15). The highest BCUT2D eigenvalue weighted by atomic mass is 16.5. The van der Waals surface area contributed by atoms with Crippen molar-refractivity contribution in [2.45, 2.75) is 19.4 Å². The Balaban J connectivity index is 3.77. The average molecular weight is 249 g/mol. The predicted octanol–water partition coefficient (Wildman–Crippen LogP) is -0.193. The molecule has 0 fully saturated rings. The molecule has 0 aromatic rings. The Hall–Kier alpha value is -0.690. The Morgan fingerprint density at radius 1 is 1.41 bits per heavy atom. The van der Waals surface area contributed by atoms with Gasteiger partial charge >= 0.3 is 5.97 Å². The van der Waals surface area contributed by atoms with Gasteiger partial charge in [0.2, 0.25) is 0 Å². The largest absolute Gasteiger partial charge is 0.480 e. The van der Waals surface area contributed by atoms with Crippen LogP contribution in [0.2, 0.25) is 0 Å². The lowest BCUT2D eigenvalue weighted by Gasteiger charge is -2.22. The summed E-state index contributed by atoms with van der Waals surface area (Å²) in [6.07, 6.45) is 0.183. The number of hydrogen-bond acceptors (Lipinski definition) is 5.